The highest BCUT2D eigenvalue weighted by Gasteiger charge is 2.24. The molecule has 0 saturated heterocycles. The van der Waals surface area contributed by atoms with Crippen LogP contribution in [-0.4, -0.2) is 34.1 Å². The van der Waals surface area contributed by atoms with E-state index in [-0.39, 0.29) is 29.5 Å². The number of carbonyl (C=O) groups excluding carboxylic acids is 1. The first-order chi connectivity index (χ1) is 15.0. The van der Waals surface area contributed by atoms with Gasteiger partial charge in [0.05, 0.1) is 29.4 Å². The average Bonchev–Trinajstić information content (AvgIpc) is 2.76. The zero-order chi connectivity index (χ0) is 22.2. The van der Waals surface area contributed by atoms with Crippen LogP contribution < -0.4 is 15.4 Å². The van der Waals surface area contributed by atoms with Gasteiger partial charge in [0.2, 0.25) is 11.6 Å². The van der Waals surface area contributed by atoms with Gasteiger partial charge in [-0.25, -0.2) is 14.8 Å². The van der Waals surface area contributed by atoms with E-state index in [1.165, 1.54) is 6.33 Å². The number of para-hydroxylation sites is 1. The molecule has 31 heavy (non-hydrogen) atoms. The molecule has 0 spiro atoms. The van der Waals surface area contributed by atoms with Gasteiger partial charge in [0.15, 0.2) is 0 Å². The zero-order valence-electron chi connectivity index (χ0n) is 17.0. The van der Waals surface area contributed by atoms with E-state index in [1.807, 2.05) is 6.92 Å². The molecule has 0 atom stereocenters. The van der Waals surface area contributed by atoms with E-state index >= 15 is 0 Å². The average molecular weight is 423 g/mol. The molecule has 0 bridgehead atoms. The monoisotopic (exact) mass is 423 g/mol. The topological polar surface area (TPSA) is 129 Å². The fraction of sp³-hybridized carbons (Fsp3) is 0.190. The summed E-state index contributed by atoms with van der Waals surface area (Å²) in [5.74, 6) is 0.0728. The first-order valence-corrected chi connectivity index (χ1v) is 9.56. The number of anilines is 4. The standard InChI is InChI=1S/C21H21N5O5/c1-3-30-15-11-9-14(10-12-15)24-19-18(26(28)29)20(23-13-22-19)25-17-8-6-5-7-16(17)21(27)31-4-2/h5-13H,3-4H2,1-2H3,(H2,22,23,24,25). The highest BCUT2D eigenvalue weighted by atomic mass is 16.6. The van der Waals surface area contributed by atoms with Crippen molar-refractivity contribution in [1.29, 1.82) is 0 Å². The van der Waals surface area contributed by atoms with Gasteiger partial charge < -0.3 is 20.1 Å². The molecule has 2 N–H and O–H groups in total. The SMILES string of the molecule is CCOC(=O)c1ccccc1Nc1ncnc(Nc2ccc(OCC)cc2)c1[N+](=O)[O-]. The van der Waals surface area contributed by atoms with Crippen molar-refractivity contribution >= 4 is 34.7 Å². The molecule has 3 rings (SSSR count). The van der Waals surface area contributed by atoms with Crippen LogP contribution in [0.5, 0.6) is 5.75 Å². The van der Waals surface area contributed by atoms with Crippen LogP contribution >= 0.6 is 0 Å². The number of ether oxygens (including phenoxy) is 2. The predicted molar refractivity (Wildman–Crippen MR) is 115 cm³/mol. The van der Waals surface area contributed by atoms with Crippen molar-refractivity contribution in [1.82, 2.24) is 9.97 Å². The van der Waals surface area contributed by atoms with Gasteiger partial charge in [-0.15, -0.1) is 0 Å². The van der Waals surface area contributed by atoms with Crippen molar-refractivity contribution in [2.75, 3.05) is 23.8 Å². The van der Waals surface area contributed by atoms with Gasteiger partial charge in [0, 0.05) is 5.69 Å². The molecule has 0 unspecified atom stereocenters. The summed E-state index contributed by atoms with van der Waals surface area (Å²) < 4.78 is 10.4. The largest absolute Gasteiger partial charge is 0.494 e. The minimum absolute atomic E-state index is 0.000255. The van der Waals surface area contributed by atoms with Crippen LogP contribution in [0, 0.1) is 10.1 Å². The quantitative estimate of drug-likeness (QED) is 0.291. The third-order valence-electron chi connectivity index (χ3n) is 4.11. The van der Waals surface area contributed by atoms with Crippen molar-refractivity contribution in [3.63, 3.8) is 0 Å². The highest BCUT2D eigenvalue weighted by Crippen LogP contribution is 2.34. The molecule has 0 radical (unpaired) electrons. The van der Waals surface area contributed by atoms with Gasteiger partial charge in [-0.2, -0.15) is 0 Å². The number of nitrogens with zero attached hydrogens (tertiary/aromatic N) is 3. The van der Waals surface area contributed by atoms with Gasteiger partial charge in [0.25, 0.3) is 0 Å². The number of esters is 1. The molecule has 0 fully saturated rings. The molecule has 0 aliphatic carbocycles. The van der Waals surface area contributed by atoms with Crippen molar-refractivity contribution in [2.24, 2.45) is 0 Å². The first kappa shape index (κ1) is 21.5. The molecule has 160 valence electrons. The van der Waals surface area contributed by atoms with Gasteiger partial charge in [-0.1, -0.05) is 12.1 Å². The highest BCUT2D eigenvalue weighted by molar-refractivity contribution is 5.97. The van der Waals surface area contributed by atoms with Crippen LogP contribution in [0.4, 0.5) is 28.7 Å². The van der Waals surface area contributed by atoms with Crippen molar-refractivity contribution in [3.05, 3.63) is 70.5 Å². The summed E-state index contributed by atoms with van der Waals surface area (Å²) in [6, 6.07) is 13.5. The third kappa shape index (κ3) is 5.24. The molecule has 3 aromatic rings. The lowest BCUT2D eigenvalue weighted by Crippen LogP contribution is -2.10. The molecule has 1 heterocycles. The van der Waals surface area contributed by atoms with Crippen molar-refractivity contribution in [2.45, 2.75) is 13.8 Å². The second-order valence-electron chi connectivity index (χ2n) is 6.15. The lowest BCUT2D eigenvalue weighted by molar-refractivity contribution is -0.383. The Kier molecular flexibility index (Phi) is 6.94. The number of nitrogens with one attached hydrogen (secondary N) is 2. The van der Waals surface area contributed by atoms with Gasteiger partial charge in [0.1, 0.15) is 12.1 Å². The number of hydrogen-bond acceptors (Lipinski definition) is 9. The molecule has 0 saturated carbocycles. The van der Waals surface area contributed by atoms with E-state index in [2.05, 4.69) is 20.6 Å². The fourth-order valence-corrected chi connectivity index (χ4v) is 2.78. The van der Waals surface area contributed by atoms with Crippen LogP contribution in [0.3, 0.4) is 0 Å². The smallest absolute Gasteiger partial charge is 0.353 e. The maximum Gasteiger partial charge on any atom is 0.353 e. The molecule has 0 aliphatic heterocycles. The van der Waals surface area contributed by atoms with Crippen molar-refractivity contribution in [3.8, 4) is 5.75 Å². The maximum absolute atomic E-state index is 12.2. The molecule has 10 nitrogen and oxygen atoms in total. The van der Waals surface area contributed by atoms with Crippen LogP contribution in [0.1, 0.15) is 24.2 Å². The van der Waals surface area contributed by atoms with Crippen LogP contribution in [0.25, 0.3) is 0 Å². The van der Waals surface area contributed by atoms with Gasteiger partial charge >= 0.3 is 11.7 Å². The summed E-state index contributed by atoms with van der Waals surface area (Å²) in [7, 11) is 0. The summed E-state index contributed by atoms with van der Waals surface area (Å²) in [6.45, 7) is 4.32. The second kappa shape index (κ2) is 10.0. The minimum atomic E-state index is -0.591. The summed E-state index contributed by atoms with van der Waals surface area (Å²) in [5, 5.41) is 17.6. The Morgan fingerprint density at radius 1 is 1.00 bits per heavy atom. The number of aromatic nitrogens is 2. The lowest BCUT2D eigenvalue weighted by Gasteiger charge is -2.12. The van der Waals surface area contributed by atoms with Crippen molar-refractivity contribution < 1.29 is 19.2 Å². The number of rotatable bonds is 9. The summed E-state index contributed by atoms with van der Waals surface area (Å²) >= 11 is 0. The normalized spacial score (nSPS) is 10.3. The molecule has 0 amide bonds. The fourth-order valence-electron chi connectivity index (χ4n) is 2.78. The first-order valence-electron chi connectivity index (χ1n) is 9.56. The molecular weight excluding hydrogens is 402 g/mol. The van der Waals surface area contributed by atoms with E-state index < -0.39 is 10.9 Å². The van der Waals surface area contributed by atoms with Gasteiger partial charge in [-0.05, 0) is 50.2 Å². The summed E-state index contributed by atoms with van der Waals surface area (Å²) in [5.41, 5.74) is 0.784. The third-order valence-corrected chi connectivity index (χ3v) is 4.11. The van der Waals surface area contributed by atoms with E-state index in [0.29, 0.717) is 23.7 Å². The Hall–Kier alpha value is -4.21. The Morgan fingerprint density at radius 3 is 2.32 bits per heavy atom. The van der Waals surface area contributed by atoms with Crippen LogP contribution in [-0.2, 0) is 4.74 Å². The summed E-state index contributed by atoms with van der Waals surface area (Å²) in [6.07, 6.45) is 1.19. The number of nitro groups is 1. The molecule has 0 aliphatic rings. The molecule has 10 heteroatoms. The second-order valence-corrected chi connectivity index (χ2v) is 6.15. The summed E-state index contributed by atoms with van der Waals surface area (Å²) in [4.78, 5) is 31.5. The Balaban J connectivity index is 1.93. The minimum Gasteiger partial charge on any atom is -0.494 e. The molecular formula is C21H21N5O5. The number of carbonyl (C=O) groups is 1. The Morgan fingerprint density at radius 2 is 1.68 bits per heavy atom. The predicted octanol–water partition coefficient (Wildman–Crippen LogP) is 4.45. The maximum atomic E-state index is 12.2. The van der Waals surface area contributed by atoms with E-state index in [4.69, 9.17) is 9.47 Å². The Bertz CT molecular complexity index is 1070. The molecule has 1 aromatic heterocycles. The molecule has 2 aromatic carbocycles. The Labute approximate surface area is 178 Å². The van der Waals surface area contributed by atoms with E-state index in [9.17, 15) is 14.9 Å². The number of benzene rings is 2. The van der Waals surface area contributed by atoms with E-state index in [1.54, 1.807) is 55.5 Å². The van der Waals surface area contributed by atoms with Crippen LogP contribution in [0.15, 0.2) is 54.9 Å². The van der Waals surface area contributed by atoms with Crippen LogP contribution in [0.2, 0.25) is 0 Å². The number of hydrogen-bond donors (Lipinski definition) is 2. The lowest BCUT2D eigenvalue weighted by atomic mass is 10.2. The van der Waals surface area contributed by atoms with E-state index in [0.717, 1.165) is 0 Å². The zero-order valence-corrected chi connectivity index (χ0v) is 17.0. The van der Waals surface area contributed by atoms with Gasteiger partial charge in [-0.3, -0.25) is 10.1 Å².